The number of rotatable bonds is 3. The predicted octanol–water partition coefficient (Wildman–Crippen LogP) is 0.137. The van der Waals surface area contributed by atoms with Gasteiger partial charge in [0.15, 0.2) is 5.82 Å². The largest absolute Gasteiger partial charge is 0.480 e. The van der Waals surface area contributed by atoms with Gasteiger partial charge in [0, 0.05) is 6.54 Å². The van der Waals surface area contributed by atoms with E-state index in [0.29, 0.717) is 31.1 Å². The van der Waals surface area contributed by atoms with Crippen molar-refractivity contribution in [1.29, 1.82) is 0 Å². The van der Waals surface area contributed by atoms with E-state index in [4.69, 9.17) is 9.63 Å². The van der Waals surface area contributed by atoms with Gasteiger partial charge in [-0.05, 0) is 19.8 Å². The molecule has 1 saturated heterocycles. The van der Waals surface area contributed by atoms with Gasteiger partial charge in [0.1, 0.15) is 6.04 Å². The first-order chi connectivity index (χ1) is 8.58. The van der Waals surface area contributed by atoms with Crippen LogP contribution in [0.15, 0.2) is 4.52 Å². The van der Waals surface area contributed by atoms with E-state index in [0.717, 1.165) is 0 Å². The second kappa shape index (κ2) is 5.03. The highest BCUT2D eigenvalue weighted by Gasteiger charge is 2.33. The number of aliphatic carboxylic acids is 1. The highest BCUT2D eigenvalue weighted by Crippen LogP contribution is 2.17. The van der Waals surface area contributed by atoms with Crippen LogP contribution < -0.4 is 5.32 Å². The molecular formula is C10H14N4O4. The Hall–Kier alpha value is -2.12. The maximum absolute atomic E-state index is 11.8. The van der Waals surface area contributed by atoms with Crippen molar-refractivity contribution in [3.05, 3.63) is 11.7 Å². The van der Waals surface area contributed by atoms with E-state index in [1.807, 2.05) is 0 Å². The fraction of sp³-hybridized carbons (Fsp3) is 0.600. The lowest BCUT2D eigenvalue weighted by Gasteiger charge is -2.21. The molecule has 1 atom stereocenters. The van der Waals surface area contributed by atoms with Gasteiger partial charge in [-0.3, -0.25) is 0 Å². The quantitative estimate of drug-likeness (QED) is 0.794. The molecule has 0 unspecified atom stereocenters. The van der Waals surface area contributed by atoms with E-state index in [9.17, 15) is 9.59 Å². The summed E-state index contributed by atoms with van der Waals surface area (Å²) in [5.74, 6) is -0.188. The van der Waals surface area contributed by atoms with Gasteiger partial charge in [0.2, 0.25) is 5.89 Å². The Kier molecular flexibility index (Phi) is 3.45. The summed E-state index contributed by atoms with van der Waals surface area (Å²) in [6.07, 6.45) is 1.19. The maximum atomic E-state index is 11.8. The summed E-state index contributed by atoms with van der Waals surface area (Å²) < 4.78 is 4.84. The third kappa shape index (κ3) is 2.58. The topological polar surface area (TPSA) is 109 Å². The number of aromatic nitrogens is 2. The molecule has 1 aliphatic heterocycles. The van der Waals surface area contributed by atoms with Gasteiger partial charge in [0.05, 0.1) is 6.54 Å². The van der Waals surface area contributed by atoms with Gasteiger partial charge >= 0.3 is 12.0 Å². The number of carboxylic acids is 1. The number of likely N-dealkylation sites (tertiary alicyclic amines) is 1. The Balaban J connectivity index is 1.89. The summed E-state index contributed by atoms with van der Waals surface area (Å²) >= 11 is 0. The first kappa shape index (κ1) is 12.3. The molecule has 1 aromatic rings. The van der Waals surface area contributed by atoms with Crippen molar-refractivity contribution in [2.75, 3.05) is 6.54 Å². The molecule has 1 fully saturated rings. The number of amides is 2. The van der Waals surface area contributed by atoms with E-state index in [-0.39, 0.29) is 6.54 Å². The van der Waals surface area contributed by atoms with Crippen LogP contribution in [0, 0.1) is 6.92 Å². The minimum absolute atomic E-state index is 0.0997. The predicted molar refractivity (Wildman–Crippen MR) is 58.6 cm³/mol. The molecule has 98 valence electrons. The average Bonchev–Trinajstić information content (AvgIpc) is 2.94. The zero-order valence-electron chi connectivity index (χ0n) is 9.92. The summed E-state index contributed by atoms with van der Waals surface area (Å²) in [4.78, 5) is 28.0. The molecule has 0 aliphatic carbocycles. The molecule has 0 aromatic carbocycles. The second-order valence-corrected chi connectivity index (χ2v) is 4.08. The normalized spacial score (nSPS) is 18.9. The Morgan fingerprint density at radius 3 is 3.00 bits per heavy atom. The molecule has 8 nitrogen and oxygen atoms in total. The fourth-order valence-electron chi connectivity index (χ4n) is 1.93. The molecule has 0 radical (unpaired) electrons. The number of urea groups is 1. The van der Waals surface area contributed by atoms with E-state index in [2.05, 4.69) is 15.5 Å². The van der Waals surface area contributed by atoms with Crippen molar-refractivity contribution in [2.24, 2.45) is 0 Å². The van der Waals surface area contributed by atoms with Crippen LogP contribution in [-0.2, 0) is 11.3 Å². The third-order valence-corrected chi connectivity index (χ3v) is 2.76. The lowest BCUT2D eigenvalue weighted by molar-refractivity contribution is -0.141. The molecule has 8 heteroatoms. The van der Waals surface area contributed by atoms with Gasteiger partial charge < -0.3 is 19.8 Å². The van der Waals surface area contributed by atoms with Crippen LogP contribution in [0.25, 0.3) is 0 Å². The van der Waals surface area contributed by atoms with Crippen molar-refractivity contribution >= 4 is 12.0 Å². The van der Waals surface area contributed by atoms with Gasteiger partial charge in [-0.1, -0.05) is 5.16 Å². The summed E-state index contributed by atoms with van der Waals surface area (Å²) in [5, 5.41) is 15.1. The van der Waals surface area contributed by atoms with Crippen LogP contribution in [-0.4, -0.2) is 44.7 Å². The maximum Gasteiger partial charge on any atom is 0.326 e. The highest BCUT2D eigenvalue weighted by atomic mass is 16.5. The van der Waals surface area contributed by atoms with Crippen molar-refractivity contribution < 1.29 is 19.2 Å². The van der Waals surface area contributed by atoms with E-state index in [1.54, 1.807) is 6.92 Å². The van der Waals surface area contributed by atoms with Crippen LogP contribution in [0.4, 0.5) is 4.79 Å². The van der Waals surface area contributed by atoms with Gasteiger partial charge in [-0.25, -0.2) is 9.59 Å². The van der Waals surface area contributed by atoms with Crippen molar-refractivity contribution in [3.63, 3.8) is 0 Å². The van der Waals surface area contributed by atoms with E-state index < -0.39 is 18.0 Å². The first-order valence-electron chi connectivity index (χ1n) is 5.64. The molecule has 1 aromatic heterocycles. The SMILES string of the molecule is Cc1noc(CNC(=O)N2CCC[C@@H]2C(=O)O)n1. The molecule has 2 amide bonds. The average molecular weight is 254 g/mol. The first-order valence-corrected chi connectivity index (χ1v) is 5.64. The smallest absolute Gasteiger partial charge is 0.326 e. The summed E-state index contributed by atoms with van der Waals surface area (Å²) in [5.41, 5.74) is 0. The number of carbonyl (C=O) groups is 2. The lowest BCUT2D eigenvalue weighted by atomic mass is 10.2. The van der Waals surface area contributed by atoms with Gasteiger partial charge in [-0.2, -0.15) is 4.98 Å². The number of hydrogen-bond acceptors (Lipinski definition) is 5. The zero-order valence-corrected chi connectivity index (χ0v) is 9.92. The van der Waals surface area contributed by atoms with E-state index in [1.165, 1.54) is 4.90 Å². The third-order valence-electron chi connectivity index (χ3n) is 2.76. The molecule has 0 bridgehead atoms. The number of carboxylic acid groups (broad SMARTS) is 1. The van der Waals surface area contributed by atoms with Crippen LogP contribution in [0.1, 0.15) is 24.6 Å². The molecule has 0 saturated carbocycles. The van der Waals surface area contributed by atoms with E-state index >= 15 is 0 Å². The van der Waals surface area contributed by atoms with Crippen LogP contribution in [0.2, 0.25) is 0 Å². The monoisotopic (exact) mass is 254 g/mol. The van der Waals surface area contributed by atoms with Gasteiger partial charge in [0.25, 0.3) is 0 Å². The number of nitrogens with zero attached hydrogens (tertiary/aromatic N) is 3. The highest BCUT2D eigenvalue weighted by molar-refractivity contribution is 5.83. The lowest BCUT2D eigenvalue weighted by Crippen LogP contribution is -2.45. The van der Waals surface area contributed by atoms with Crippen molar-refractivity contribution in [2.45, 2.75) is 32.4 Å². The van der Waals surface area contributed by atoms with Gasteiger partial charge in [-0.15, -0.1) is 0 Å². The Bertz CT molecular complexity index is 458. The minimum Gasteiger partial charge on any atom is -0.480 e. The zero-order chi connectivity index (χ0) is 13.1. The summed E-state index contributed by atoms with van der Waals surface area (Å²) in [6.45, 7) is 2.23. The Labute approximate surface area is 103 Å². The summed E-state index contributed by atoms with van der Waals surface area (Å²) in [7, 11) is 0. The Morgan fingerprint density at radius 1 is 1.61 bits per heavy atom. The van der Waals surface area contributed by atoms with Crippen LogP contribution in [0.5, 0.6) is 0 Å². The number of hydrogen-bond donors (Lipinski definition) is 2. The summed E-state index contributed by atoms with van der Waals surface area (Å²) in [6, 6.07) is -1.16. The second-order valence-electron chi connectivity index (χ2n) is 4.08. The number of aryl methyl sites for hydroxylation is 1. The number of nitrogens with one attached hydrogen (secondary N) is 1. The fourth-order valence-corrected chi connectivity index (χ4v) is 1.93. The molecular weight excluding hydrogens is 240 g/mol. The molecule has 2 rings (SSSR count). The molecule has 0 spiro atoms. The molecule has 1 aliphatic rings. The Morgan fingerprint density at radius 2 is 2.39 bits per heavy atom. The van der Waals surface area contributed by atoms with Crippen LogP contribution in [0.3, 0.4) is 0 Å². The molecule has 18 heavy (non-hydrogen) atoms. The van der Waals surface area contributed by atoms with Crippen molar-refractivity contribution in [3.8, 4) is 0 Å². The molecule has 2 N–H and O–H groups in total. The number of carbonyl (C=O) groups excluding carboxylic acids is 1. The minimum atomic E-state index is -0.976. The van der Waals surface area contributed by atoms with Crippen molar-refractivity contribution in [1.82, 2.24) is 20.4 Å². The van der Waals surface area contributed by atoms with Crippen LogP contribution >= 0.6 is 0 Å². The standard InChI is InChI=1S/C10H14N4O4/c1-6-12-8(18-13-6)5-11-10(17)14-4-2-3-7(14)9(15)16/h7H,2-5H2,1H3,(H,11,17)(H,15,16)/t7-/m1/s1. The molecule has 2 heterocycles.